The molecule has 0 bridgehead atoms. The van der Waals surface area contributed by atoms with Crippen LogP contribution in [0.4, 0.5) is 18.9 Å². The van der Waals surface area contributed by atoms with Crippen LogP contribution in [0.25, 0.3) is 0 Å². The third-order valence-electron chi connectivity index (χ3n) is 2.84. The maximum Gasteiger partial charge on any atom is 0.416 e. The summed E-state index contributed by atoms with van der Waals surface area (Å²) < 4.78 is 65.2. The molecule has 8 heteroatoms. The normalized spacial score (nSPS) is 12.2. The Morgan fingerprint density at radius 1 is 1.09 bits per heavy atom. The van der Waals surface area contributed by atoms with Crippen LogP contribution in [0.2, 0.25) is 0 Å². The van der Waals surface area contributed by atoms with Gasteiger partial charge < -0.3 is 0 Å². The van der Waals surface area contributed by atoms with Gasteiger partial charge in [0.1, 0.15) is 0 Å². The number of benzene rings is 2. The summed E-state index contributed by atoms with van der Waals surface area (Å²) in [6.45, 7) is 1.83. The molecule has 0 aliphatic rings. The Kier molecular flexibility index (Phi) is 4.53. The molecule has 1 N–H and O–H groups in total. The third kappa shape index (κ3) is 3.80. The van der Waals surface area contributed by atoms with E-state index in [2.05, 4.69) is 20.7 Å². The highest BCUT2D eigenvalue weighted by molar-refractivity contribution is 9.10. The molecular weight excluding hydrogens is 383 g/mol. The summed E-state index contributed by atoms with van der Waals surface area (Å²) in [6.07, 6.45) is -4.60. The van der Waals surface area contributed by atoms with Gasteiger partial charge in [-0.3, -0.25) is 4.72 Å². The van der Waals surface area contributed by atoms with E-state index in [0.717, 1.165) is 23.8 Å². The van der Waals surface area contributed by atoms with Gasteiger partial charge in [-0.15, -0.1) is 0 Å². The van der Waals surface area contributed by atoms with Crippen LogP contribution in [0.1, 0.15) is 11.1 Å². The Morgan fingerprint density at radius 3 is 2.36 bits per heavy atom. The van der Waals surface area contributed by atoms with Crippen LogP contribution < -0.4 is 4.72 Å². The Bertz CT molecular complexity index is 804. The molecular formula is C14H11BrF3NO2S. The average Bonchev–Trinajstić information content (AvgIpc) is 2.41. The molecule has 0 fully saturated rings. The SMILES string of the molecule is Cc1ccc(NS(=O)(=O)c2cccc(C(F)(F)F)c2)c(Br)c1. The molecule has 0 heterocycles. The topological polar surface area (TPSA) is 46.2 Å². The molecule has 0 saturated heterocycles. The number of rotatable bonds is 3. The minimum atomic E-state index is -4.60. The standard InChI is InChI=1S/C14H11BrF3NO2S/c1-9-5-6-13(12(15)7-9)19-22(20,21)11-4-2-3-10(8-11)14(16,17)18/h2-8,19H,1H3. The highest BCUT2D eigenvalue weighted by Gasteiger charge is 2.31. The highest BCUT2D eigenvalue weighted by Crippen LogP contribution is 2.31. The third-order valence-corrected chi connectivity index (χ3v) is 4.86. The fourth-order valence-electron chi connectivity index (χ4n) is 1.75. The van der Waals surface area contributed by atoms with E-state index < -0.39 is 26.7 Å². The first-order chi connectivity index (χ1) is 10.1. The highest BCUT2D eigenvalue weighted by atomic mass is 79.9. The van der Waals surface area contributed by atoms with Gasteiger partial charge >= 0.3 is 6.18 Å². The van der Waals surface area contributed by atoms with Gasteiger partial charge in [-0.25, -0.2) is 8.42 Å². The summed E-state index contributed by atoms with van der Waals surface area (Å²) in [4.78, 5) is -0.449. The molecule has 0 saturated carbocycles. The molecule has 0 aliphatic heterocycles. The molecule has 0 unspecified atom stereocenters. The Labute approximate surface area is 134 Å². The number of hydrogen-bond acceptors (Lipinski definition) is 2. The summed E-state index contributed by atoms with van der Waals surface area (Å²) in [7, 11) is -4.11. The van der Waals surface area contributed by atoms with Gasteiger partial charge in [0.15, 0.2) is 0 Å². The summed E-state index contributed by atoms with van der Waals surface area (Å²) >= 11 is 3.21. The first-order valence-electron chi connectivity index (χ1n) is 6.06. The van der Waals surface area contributed by atoms with Crippen molar-refractivity contribution in [3.05, 3.63) is 58.1 Å². The zero-order chi connectivity index (χ0) is 16.5. The smallest absolute Gasteiger partial charge is 0.278 e. The molecule has 22 heavy (non-hydrogen) atoms. The first kappa shape index (κ1) is 16.8. The van der Waals surface area contributed by atoms with Crippen molar-refractivity contribution in [2.45, 2.75) is 18.0 Å². The van der Waals surface area contributed by atoms with Crippen molar-refractivity contribution in [3.8, 4) is 0 Å². The predicted octanol–water partition coefficient (Wildman–Crippen LogP) is 4.58. The number of aryl methyl sites for hydroxylation is 1. The second kappa shape index (κ2) is 5.92. The lowest BCUT2D eigenvalue weighted by atomic mass is 10.2. The zero-order valence-corrected chi connectivity index (χ0v) is 13.7. The molecule has 0 spiro atoms. The van der Waals surface area contributed by atoms with Gasteiger partial charge in [-0.1, -0.05) is 12.1 Å². The van der Waals surface area contributed by atoms with E-state index in [1.807, 2.05) is 6.92 Å². The minimum Gasteiger partial charge on any atom is -0.278 e. The van der Waals surface area contributed by atoms with Crippen LogP contribution in [-0.4, -0.2) is 8.42 Å². The number of alkyl halides is 3. The predicted molar refractivity (Wildman–Crippen MR) is 81.1 cm³/mol. The fraction of sp³-hybridized carbons (Fsp3) is 0.143. The zero-order valence-electron chi connectivity index (χ0n) is 11.3. The Morgan fingerprint density at radius 2 is 1.77 bits per heavy atom. The lowest BCUT2D eigenvalue weighted by Gasteiger charge is -2.12. The number of nitrogens with one attached hydrogen (secondary N) is 1. The van der Waals surface area contributed by atoms with Gasteiger partial charge in [0.25, 0.3) is 10.0 Å². The van der Waals surface area contributed by atoms with Crippen LogP contribution >= 0.6 is 15.9 Å². The molecule has 0 radical (unpaired) electrons. The van der Waals surface area contributed by atoms with Gasteiger partial charge in [0.2, 0.25) is 0 Å². The summed E-state index contributed by atoms with van der Waals surface area (Å²) in [6, 6.07) is 8.51. The van der Waals surface area contributed by atoms with Crippen molar-refractivity contribution in [2.75, 3.05) is 4.72 Å². The van der Waals surface area contributed by atoms with Crippen LogP contribution in [-0.2, 0) is 16.2 Å². The van der Waals surface area contributed by atoms with Crippen LogP contribution in [0, 0.1) is 6.92 Å². The largest absolute Gasteiger partial charge is 0.416 e. The number of sulfonamides is 1. The first-order valence-corrected chi connectivity index (χ1v) is 8.33. The van der Waals surface area contributed by atoms with Gasteiger partial charge in [-0.2, -0.15) is 13.2 Å². The Hall–Kier alpha value is -1.54. The molecule has 0 amide bonds. The number of anilines is 1. The molecule has 3 nitrogen and oxygen atoms in total. The lowest BCUT2D eigenvalue weighted by Crippen LogP contribution is -2.15. The van der Waals surface area contributed by atoms with Crippen molar-refractivity contribution >= 4 is 31.6 Å². The van der Waals surface area contributed by atoms with Gasteiger partial charge in [0.05, 0.1) is 16.1 Å². The molecule has 2 aromatic rings. The molecule has 2 rings (SSSR count). The van der Waals surface area contributed by atoms with E-state index in [1.54, 1.807) is 12.1 Å². The lowest BCUT2D eigenvalue weighted by molar-refractivity contribution is -0.137. The average molecular weight is 394 g/mol. The van der Waals surface area contributed by atoms with E-state index in [9.17, 15) is 21.6 Å². The molecule has 0 aliphatic carbocycles. The second-order valence-electron chi connectivity index (χ2n) is 4.61. The van der Waals surface area contributed by atoms with Crippen molar-refractivity contribution in [1.29, 1.82) is 0 Å². The minimum absolute atomic E-state index is 0.253. The maximum absolute atomic E-state index is 12.7. The van der Waals surface area contributed by atoms with Crippen LogP contribution in [0.5, 0.6) is 0 Å². The molecule has 0 aromatic heterocycles. The quantitative estimate of drug-likeness (QED) is 0.829. The van der Waals surface area contributed by atoms with Gasteiger partial charge in [-0.05, 0) is 58.7 Å². The van der Waals surface area contributed by atoms with Gasteiger partial charge in [0, 0.05) is 4.47 Å². The van der Waals surface area contributed by atoms with Crippen LogP contribution in [0.15, 0.2) is 51.8 Å². The summed E-state index contributed by atoms with van der Waals surface area (Å²) in [5.74, 6) is 0. The van der Waals surface area contributed by atoms with Crippen molar-refractivity contribution in [2.24, 2.45) is 0 Å². The van der Waals surface area contributed by atoms with E-state index >= 15 is 0 Å². The number of hydrogen-bond donors (Lipinski definition) is 1. The van der Waals surface area contributed by atoms with E-state index in [-0.39, 0.29) is 5.69 Å². The van der Waals surface area contributed by atoms with Crippen molar-refractivity contribution in [3.63, 3.8) is 0 Å². The summed E-state index contributed by atoms with van der Waals surface area (Å²) in [5, 5.41) is 0. The molecule has 0 atom stereocenters. The van der Waals surface area contributed by atoms with Crippen LogP contribution in [0.3, 0.4) is 0 Å². The van der Waals surface area contributed by atoms with Crippen molar-refractivity contribution in [1.82, 2.24) is 0 Å². The fourth-order valence-corrected chi connectivity index (χ4v) is 3.59. The monoisotopic (exact) mass is 393 g/mol. The number of halogens is 4. The van der Waals surface area contributed by atoms with E-state index in [1.165, 1.54) is 6.07 Å². The Balaban J connectivity index is 2.39. The molecule has 118 valence electrons. The second-order valence-corrected chi connectivity index (χ2v) is 7.15. The van der Waals surface area contributed by atoms with E-state index in [0.29, 0.717) is 10.5 Å². The summed E-state index contributed by atoms with van der Waals surface area (Å²) in [5.41, 5.74) is 0.148. The van der Waals surface area contributed by atoms with Crippen molar-refractivity contribution < 1.29 is 21.6 Å². The van der Waals surface area contributed by atoms with E-state index in [4.69, 9.17) is 0 Å². The molecule has 2 aromatic carbocycles. The maximum atomic E-state index is 12.7.